The fourth-order valence-electron chi connectivity index (χ4n) is 11.1. The maximum atomic E-state index is 16.8. The third-order valence-corrected chi connectivity index (χ3v) is 15.7. The lowest BCUT2D eigenvalue weighted by molar-refractivity contribution is -0.169. The molecule has 8 rings (SSSR count). The minimum absolute atomic E-state index is 0.00573. The molecule has 1 aliphatic carbocycles. The van der Waals surface area contributed by atoms with E-state index in [2.05, 4.69) is 66.1 Å². The highest BCUT2D eigenvalue weighted by atomic mass is 19.1. The fraction of sp³-hybridized carbons (Fsp3) is 0.536. The second-order valence-corrected chi connectivity index (χ2v) is 22.0. The van der Waals surface area contributed by atoms with E-state index in [0.717, 1.165) is 54.5 Å². The zero-order chi connectivity index (χ0) is 52.9. The van der Waals surface area contributed by atoms with Crippen molar-refractivity contribution in [3.63, 3.8) is 0 Å². The van der Waals surface area contributed by atoms with Crippen molar-refractivity contribution in [1.82, 2.24) is 40.0 Å². The molecule has 73 heavy (non-hydrogen) atoms. The number of likely N-dealkylation sites (N-methyl/N-ethyl adjacent to an activating group) is 1. The largest absolute Gasteiger partial charge is 0.464 e. The minimum atomic E-state index is -2.63. The van der Waals surface area contributed by atoms with Crippen LogP contribution >= 0.6 is 0 Å². The number of hydrazine groups is 1. The minimum Gasteiger partial charge on any atom is -0.464 e. The Bertz CT molecular complexity index is 2880. The number of pyridine rings is 1. The van der Waals surface area contributed by atoms with E-state index in [1.807, 2.05) is 63.2 Å². The number of alkyl halides is 1. The average molecular weight is 1000 g/mol. The summed E-state index contributed by atoms with van der Waals surface area (Å²) in [4.78, 5) is 80.2. The fourth-order valence-corrected chi connectivity index (χ4v) is 11.1. The quantitative estimate of drug-likeness (QED) is 0.111. The zero-order valence-corrected chi connectivity index (χ0v) is 44.1. The predicted molar refractivity (Wildman–Crippen MR) is 275 cm³/mol. The zero-order valence-electron chi connectivity index (χ0n) is 44.1. The molecule has 390 valence electrons. The molecule has 0 saturated carbocycles. The molecule has 4 aliphatic rings. The third kappa shape index (κ3) is 9.99. The molecule has 6 bridgehead atoms. The van der Waals surface area contributed by atoms with Crippen molar-refractivity contribution in [3.05, 3.63) is 77.6 Å². The van der Waals surface area contributed by atoms with Gasteiger partial charge in [0.25, 0.3) is 17.7 Å². The average Bonchev–Trinajstić information content (AvgIpc) is 3.69. The normalized spacial score (nSPS) is 23.2. The van der Waals surface area contributed by atoms with Crippen LogP contribution in [0.3, 0.4) is 0 Å². The summed E-state index contributed by atoms with van der Waals surface area (Å²) in [5, 5.41) is 17.5. The molecule has 0 spiro atoms. The van der Waals surface area contributed by atoms with Crippen molar-refractivity contribution >= 4 is 40.5 Å². The maximum absolute atomic E-state index is 16.8. The first-order chi connectivity index (χ1) is 34.4. The first kappa shape index (κ1) is 53.1. The molecule has 16 nitrogen and oxygen atoms in total. The molecule has 0 radical (unpaired) electrons. The highest BCUT2D eigenvalue weighted by Crippen LogP contribution is 2.57. The number of rotatable bonds is 8. The van der Waals surface area contributed by atoms with Crippen LogP contribution in [0, 0.1) is 23.2 Å². The summed E-state index contributed by atoms with van der Waals surface area (Å²) in [6, 6.07) is 15.4. The number of cyclic esters (lactones) is 1. The summed E-state index contributed by atoms with van der Waals surface area (Å²) in [5.74, 6) is 0.860. The van der Waals surface area contributed by atoms with E-state index in [-0.39, 0.29) is 45.0 Å². The Hall–Kier alpha value is -6.19. The van der Waals surface area contributed by atoms with Gasteiger partial charge in [0.05, 0.1) is 23.5 Å². The molecule has 17 heteroatoms. The molecule has 3 aliphatic heterocycles. The lowest BCUT2D eigenvalue weighted by Gasteiger charge is -2.43. The molecule has 3 N–H and O–H groups in total. The van der Waals surface area contributed by atoms with Gasteiger partial charge in [0.2, 0.25) is 11.6 Å². The molecule has 2 aromatic heterocycles. The summed E-state index contributed by atoms with van der Waals surface area (Å²) in [7, 11) is 6.72. The van der Waals surface area contributed by atoms with E-state index in [1.54, 1.807) is 33.2 Å². The number of carbonyl (C=O) groups excluding carboxylic acids is 5. The molecule has 2 aromatic carbocycles. The van der Waals surface area contributed by atoms with Crippen molar-refractivity contribution in [2.24, 2.45) is 11.3 Å². The number of aliphatic hydroxyl groups is 1. The van der Waals surface area contributed by atoms with Crippen molar-refractivity contribution < 1.29 is 42.9 Å². The van der Waals surface area contributed by atoms with Crippen LogP contribution in [0.2, 0.25) is 0 Å². The molecular weight excluding hydrogens is 932 g/mol. The summed E-state index contributed by atoms with van der Waals surface area (Å²) < 4.78 is 31.7. The van der Waals surface area contributed by atoms with E-state index >= 15 is 4.39 Å². The molecule has 5 heterocycles. The van der Waals surface area contributed by atoms with Crippen molar-refractivity contribution in [2.45, 2.75) is 128 Å². The Morgan fingerprint density at radius 2 is 1.75 bits per heavy atom. The van der Waals surface area contributed by atoms with E-state index < -0.39 is 82.5 Å². The number of hydrogen-bond acceptors (Lipinski definition) is 11. The van der Waals surface area contributed by atoms with Gasteiger partial charge in [-0.25, -0.2) is 9.82 Å². The monoisotopic (exact) mass is 1000 g/mol. The Morgan fingerprint density at radius 1 is 1.04 bits per heavy atom. The van der Waals surface area contributed by atoms with Crippen LogP contribution in [0.5, 0.6) is 0 Å². The Labute approximate surface area is 427 Å². The SMILES string of the molecule is CCn1c2c3c4cc(ccc41)-c1cccc(c1)C[C@](O)(NC(=O)[C@H](C(C)C)N(C)C(=O)C1(F)CCN(C(=O)C#CC(C)(C)N(C)C)CC1)C(=O)N1CCC[C@H](N1)C(=O)OCC(C)(C)C3[C@H](OC)c1ncccc1-2. The summed E-state index contributed by atoms with van der Waals surface area (Å²) >= 11 is 0. The number of hydrogen-bond donors (Lipinski definition) is 3. The lowest BCUT2D eigenvalue weighted by atomic mass is 9.67. The van der Waals surface area contributed by atoms with Crippen LogP contribution in [-0.2, 0) is 46.4 Å². The number of nitrogens with zero attached hydrogens (tertiary/aromatic N) is 6. The Balaban J connectivity index is 1.14. The van der Waals surface area contributed by atoms with Gasteiger partial charge in [-0.15, -0.1) is 0 Å². The van der Waals surface area contributed by atoms with Crippen molar-refractivity contribution in [2.75, 3.05) is 54.5 Å². The predicted octanol–water partition coefficient (Wildman–Crippen LogP) is 5.76. The van der Waals surface area contributed by atoms with E-state index in [0.29, 0.717) is 24.9 Å². The summed E-state index contributed by atoms with van der Waals surface area (Å²) in [6.45, 7) is 14.0. The van der Waals surface area contributed by atoms with Gasteiger partial charge in [0.1, 0.15) is 18.2 Å². The smallest absolute Gasteiger partial charge is 0.324 e. The number of likely N-dealkylation sites (tertiary alicyclic amines) is 1. The highest BCUT2D eigenvalue weighted by molar-refractivity contribution is 5.98. The first-order valence-electron chi connectivity index (χ1n) is 25.4. The summed E-state index contributed by atoms with van der Waals surface area (Å²) in [6.07, 6.45) is 0.955. The molecule has 4 amide bonds. The van der Waals surface area contributed by atoms with Gasteiger partial charge in [-0.05, 0) is 106 Å². The molecule has 1 unspecified atom stereocenters. The van der Waals surface area contributed by atoms with Gasteiger partial charge in [-0.2, -0.15) is 0 Å². The number of methoxy groups -OCH3 is 1. The first-order valence-corrected chi connectivity index (χ1v) is 25.4. The van der Waals surface area contributed by atoms with Gasteiger partial charge >= 0.3 is 5.97 Å². The molecule has 2 fully saturated rings. The second kappa shape index (κ2) is 20.3. The van der Waals surface area contributed by atoms with Crippen LogP contribution in [0.15, 0.2) is 60.8 Å². The van der Waals surface area contributed by atoms with Crippen LogP contribution in [0.4, 0.5) is 4.39 Å². The van der Waals surface area contributed by atoms with Crippen molar-refractivity contribution in [1.29, 1.82) is 0 Å². The number of aryl methyl sites for hydroxylation is 1. The number of piperidine rings is 1. The Kier molecular flexibility index (Phi) is 14.7. The highest BCUT2D eigenvalue weighted by Gasteiger charge is 2.51. The number of carbonyl (C=O) groups is 5. The van der Waals surface area contributed by atoms with E-state index in [9.17, 15) is 29.1 Å². The number of ether oxygens (including phenoxy) is 2. The maximum Gasteiger partial charge on any atom is 0.324 e. The van der Waals surface area contributed by atoms with E-state index in [4.69, 9.17) is 14.5 Å². The van der Waals surface area contributed by atoms with Crippen molar-refractivity contribution in [3.8, 4) is 34.2 Å². The summed E-state index contributed by atoms with van der Waals surface area (Å²) in [5.41, 5.74) is 3.68. The molecular formula is C56H71FN8O8. The third-order valence-electron chi connectivity index (χ3n) is 15.7. The molecule has 4 aromatic rings. The van der Waals surface area contributed by atoms with Crippen LogP contribution in [0.25, 0.3) is 33.3 Å². The molecule has 5 atom stereocenters. The van der Waals surface area contributed by atoms with Gasteiger partial charge in [-0.3, -0.25) is 38.9 Å². The van der Waals surface area contributed by atoms with E-state index in [1.165, 1.54) is 11.9 Å². The van der Waals surface area contributed by atoms with Crippen LogP contribution in [0.1, 0.15) is 103 Å². The number of nitrogens with one attached hydrogen (secondary N) is 2. The number of amides is 4. The van der Waals surface area contributed by atoms with Gasteiger partial charge in [-0.1, -0.05) is 63.9 Å². The van der Waals surface area contributed by atoms with Gasteiger partial charge < -0.3 is 34.3 Å². The standard InChI is InChI=1S/C56H71FN8O8/c1-12-64-41-21-20-37-31-39(41)43-44(48(72-11)45-38(47(43)64)18-14-26-58-45)53(4,5)33-73-50(68)40-19-15-27-65(60-40)52(70)56(71,32-35-16-13-17-36(37)30-35)59-49(67)46(34(2)3)62(10)51(69)55(57)24-28-63(29-25-55)42(66)22-23-54(6,7)61(8)9/h13-14,16-18,20-21,26,30-31,34,40,44,46,48,60,71H,12,15,19,24-25,27-29,32-33H2,1-11H3,(H,59,67)/t40-,44?,46-,48-,56+/m0/s1. The van der Waals surface area contributed by atoms with Gasteiger partial charge in [0, 0.05) is 93.6 Å². The topological polar surface area (TPSA) is 179 Å². The number of aromatic nitrogens is 2. The number of benzene rings is 2. The van der Waals surface area contributed by atoms with Gasteiger partial charge in [0.15, 0.2) is 5.67 Å². The number of esters is 1. The second-order valence-electron chi connectivity index (χ2n) is 22.0. The lowest BCUT2D eigenvalue weighted by Crippen LogP contribution is -2.68. The number of fused-ring (bicyclic) bond motifs is 8. The van der Waals surface area contributed by atoms with Crippen LogP contribution < -0.4 is 10.7 Å². The Morgan fingerprint density at radius 3 is 2.42 bits per heavy atom. The number of halogens is 1. The molecule has 2 saturated heterocycles. The van der Waals surface area contributed by atoms with Crippen LogP contribution in [-0.4, -0.2) is 147 Å².